The summed E-state index contributed by atoms with van der Waals surface area (Å²) in [6.07, 6.45) is 1.60. The lowest BCUT2D eigenvalue weighted by Gasteiger charge is -2.30. The molecule has 0 spiro atoms. The Kier molecular flexibility index (Phi) is 9.41. The first-order chi connectivity index (χ1) is 14.4. The lowest BCUT2D eigenvalue weighted by atomic mass is 10.1. The van der Waals surface area contributed by atoms with Crippen molar-refractivity contribution < 1.29 is 9.21 Å². The van der Waals surface area contributed by atoms with Crippen LogP contribution in [0.25, 0.3) is 0 Å². The van der Waals surface area contributed by atoms with E-state index in [1.807, 2.05) is 24.3 Å². The van der Waals surface area contributed by atoms with Crippen LogP contribution in [0.5, 0.6) is 0 Å². The fraction of sp³-hybridized carbons (Fsp3) is 0.478. The lowest BCUT2D eigenvalue weighted by molar-refractivity contribution is 0.0948. The quantitative estimate of drug-likeness (QED) is 0.412. The van der Waals surface area contributed by atoms with Crippen molar-refractivity contribution in [2.24, 2.45) is 4.99 Å². The molecule has 1 amide bonds. The zero-order valence-corrected chi connectivity index (χ0v) is 18.7. The van der Waals surface area contributed by atoms with Crippen molar-refractivity contribution in [3.8, 4) is 0 Å². The van der Waals surface area contributed by atoms with E-state index < -0.39 is 0 Å². The van der Waals surface area contributed by atoms with Gasteiger partial charge in [0.25, 0.3) is 5.91 Å². The van der Waals surface area contributed by atoms with Gasteiger partial charge in [-0.2, -0.15) is 0 Å². The van der Waals surface area contributed by atoms with Gasteiger partial charge in [0.15, 0.2) is 5.96 Å². The molecule has 0 radical (unpaired) electrons. The molecule has 3 N–H and O–H groups in total. The monoisotopic (exact) mass is 413 g/mol. The molecule has 0 saturated carbocycles. The second-order valence-corrected chi connectivity index (χ2v) is 7.74. The molecule has 7 nitrogen and oxygen atoms in total. The van der Waals surface area contributed by atoms with Gasteiger partial charge in [-0.3, -0.25) is 14.7 Å². The number of carbonyl (C=O) groups excluding carboxylic acids is 1. The number of nitrogens with zero attached hydrogens (tertiary/aromatic N) is 2. The Labute approximate surface area is 179 Å². The molecular weight excluding hydrogens is 378 g/mol. The number of nitrogens with one attached hydrogen (secondary N) is 3. The van der Waals surface area contributed by atoms with Crippen molar-refractivity contribution in [2.45, 2.75) is 52.9 Å². The number of hydrogen-bond donors (Lipinski definition) is 3. The average Bonchev–Trinajstić information content (AvgIpc) is 3.24. The number of furan rings is 1. The van der Waals surface area contributed by atoms with Crippen LogP contribution in [0.1, 0.15) is 49.4 Å². The Hall–Kier alpha value is -2.80. The summed E-state index contributed by atoms with van der Waals surface area (Å²) in [7, 11) is 1.76. The van der Waals surface area contributed by atoms with Gasteiger partial charge >= 0.3 is 0 Å². The third-order valence-electron chi connectivity index (χ3n) is 4.87. The Bertz CT molecular complexity index is 792. The highest BCUT2D eigenvalue weighted by molar-refractivity contribution is 5.94. The van der Waals surface area contributed by atoms with E-state index >= 15 is 0 Å². The van der Waals surface area contributed by atoms with Crippen LogP contribution < -0.4 is 16.0 Å². The number of hydrogen-bond acceptors (Lipinski definition) is 4. The molecule has 0 saturated heterocycles. The first-order valence-corrected chi connectivity index (χ1v) is 10.5. The number of carbonyl (C=O) groups is 1. The molecular formula is C23H35N5O2. The van der Waals surface area contributed by atoms with Gasteiger partial charge in [-0.15, -0.1) is 0 Å². The molecule has 0 atom stereocenters. The zero-order chi connectivity index (χ0) is 21.9. The van der Waals surface area contributed by atoms with Crippen molar-refractivity contribution in [1.29, 1.82) is 0 Å². The second-order valence-electron chi connectivity index (χ2n) is 7.74. The van der Waals surface area contributed by atoms with Crippen LogP contribution in [0.4, 0.5) is 0 Å². The van der Waals surface area contributed by atoms with E-state index in [1.54, 1.807) is 25.4 Å². The number of guanidine groups is 1. The molecule has 0 aliphatic carbocycles. The minimum atomic E-state index is -0.127. The summed E-state index contributed by atoms with van der Waals surface area (Å²) < 4.78 is 5.25. The molecule has 0 aliphatic heterocycles. The molecule has 2 aromatic rings. The smallest absolute Gasteiger partial charge is 0.251 e. The fourth-order valence-electron chi connectivity index (χ4n) is 3.33. The second kappa shape index (κ2) is 12.0. The Balaban J connectivity index is 1.82. The van der Waals surface area contributed by atoms with Gasteiger partial charge in [0.1, 0.15) is 5.76 Å². The van der Waals surface area contributed by atoms with Gasteiger partial charge in [-0.05, 0) is 57.5 Å². The standard InChI is InChI=1S/C23H35N5O2/c1-17(2)28(18(3)4)12-11-25-23(24-5)27-15-19-8-6-9-20(14-19)22(29)26-16-21-10-7-13-30-21/h6-10,13-14,17-18H,11-12,15-16H2,1-5H3,(H,26,29)(H2,24,25,27). The minimum Gasteiger partial charge on any atom is -0.467 e. The molecule has 0 aliphatic rings. The highest BCUT2D eigenvalue weighted by Gasteiger charge is 2.13. The first-order valence-electron chi connectivity index (χ1n) is 10.5. The van der Waals surface area contributed by atoms with Crippen molar-refractivity contribution in [3.63, 3.8) is 0 Å². The van der Waals surface area contributed by atoms with Crippen molar-refractivity contribution in [3.05, 3.63) is 59.5 Å². The fourth-order valence-corrected chi connectivity index (χ4v) is 3.33. The molecule has 0 fully saturated rings. The zero-order valence-electron chi connectivity index (χ0n) is 18.7. The highest BCUT2D eigenvalue weighted by atomic mass is 16.3. The minimum absolute atomic E-state index is 0.127. The summed E-state index contributed by atoms with van der Waals surface area (Å²) in [5.41, 5.74) is 1.63. The summed E-state index contributed by atoms with van der Waals surface area (Å²) in [4.78, 5) is 19.1. The molecule has 1 aromatic carbocycles. The maximum atomic E-state index is 12.4. The third-order valence-corrected chi connectivity index (χ3v) is 4.87. The Morgan fingerprint density at radius 2 is 1.80 bits per heavy atom. The van der Waals surface area contributed by atoms with Gasteiger partial charge in [-0.25, -0.2) is 0 Å². The van der Waals surface area contributed by atoms with E-state index in [0.717, 1.165) is 30.4 Å². The van der Waals surface area contributed by atoms with Crippen LogP contribution in [0.15, 0.2) is 52.1 Å². The van der Waals surface area contributed by atoms with Gasteiger partial charge in [-0.1, -0.05) is 12.1 Å². The number of amides is 1. The topological polar surface area (TPSA) is 81.9 Å². The van der Waals surface area contributed by atoms with Crippen LogP contribution in [-0.4, -0.2) is 49.0 Å². The lowest BCUT2D eigenvalue weighted by Crippen LogP contribution is -2.45. The molecule has 0 bridgehead atoms. The predicted octanol–water partition coefficient (Wildman–Crippen LogP) is 2.99. The Morgan fingerprint density at radius 1 is 1.03 bits per heavy atom. The normalized spacial score (nSPS) is 11.9. The maximum Gasteiger partial charge on any atom is 0.251 e. The SMILES string of the molecule is CN=C(NCCN(C(C)C)C(C)C)NCc1cccc(C(=O)NCc2ccco2)c1. The molecule has 7 heteroatoms. The summed E-state index contributed by atoms with van der Waals surface area (Å²) in [5, 5.41) is 9.54. The van der Waals surface area contributed by atoms with E-state index in [4.69, 9.17) is 4.42 Å². The molecule has 0 unspecified atom stereocenters. The first kappa shape index (κ1) is 23.5. The van der Waals surface area contributed by atoms with E-state index in [2.05, 4.69) is 53.5 Å². The van der Waals surface area contributed by atoms with E-state index in [9.17, 15) is 4.79 Å². The maximum absolute atomic E-state index is 12.4. The van der Waals surface area contributed by atoms with Gasteiger partial charge < -0.3 is 20.4 Å². The number of aliphatic imine (C=N–C) groups is 1. The molecule has 1 aromatic heterocycles. The highest BCUT2D eigenvalue weighted by Crippen LogP contribution is 2.07. The van der Waals surface area contributed by atoms with Crippen LogP contribution in [0, 0.1) is 0 Å². The number of benzene rings is 1. The van der Waals surface area contributed by atoms with Crippen molar-refractivity contribution in [2.75, 3.05) is 20.1 Å². The van der Waals surface area contributed by atoms with Crippen LogP contribution in [-0.2, 0) is 13.1 Å². The number of rotatable bonds is 10. The average molecular weight is 414 g/mol. The van der Waals surface area contributed by atoms with Crippen LogP contribution in [0.2, 0.25) is 0 Å². The van der Waals surface area contributed by atoms with E-state index in [1.165, 1.54) is 0 Å². The molecule has 164 valence electrons. The van der Waals surface area contributed by atoms with Gasteiger partial charge in [0.2, 0.25) is 0 Å². The summed E-state index contributed by atoms with van der Waals surface area (Å²) in [5.74, 6) is 1.35. The molecule has 2 rings (SSSR count). The van der Waals surface area contributed by atoms with Crippen molar-refractivity contribution >= 4 is 11.9 Å². The van der Waals surface area contributed by atoms with Gasteiger partial charge in [0.05, 0.1) is 12.8 Å². The predicted molar refractivity (Wildman–Crippen MR) is 121 cm³/mol. The Morgan fingerprint density at radius 3 is 2.43 bits per heavy atom. The molecule has 30 heavy (non-hydrogen) atoms. The summed E-state index contributed by atoms with van der Waals surface area (Å²) in [6, 6.07) is 12.2. The summed E-state index contributed by atoms with van der Waals surface area (Å²) in [6.45, 7) is 11.6. The summed E-state index contributed by atoms with van der Waals surface area (Å²) >= 11 is 0. The van der Waals surface area contributed by atoms with E-state index in [0.29, 0.717) is 30.7 Å². The van der Waals surface area contributed by atoms with Crippen molar-refractivity contribution in [1.82, 2.24) is 20.9 Å². The molecule has 1 heterocycles. The van der Waals surface area contributed by atoms with Crippen LogP contribution in [0.3, 0.4) is 0 Å². The van der Waals surface area contributed by atoms with Gasteiger partial charge in [0, 0.05) is 44.3 Å². The van der Waals surface area contributed by atoms with E-state index in [-0.39, 0.29) is 5.91 Å². The van der Waals surface area contributed by atoms with Crippen LogP contribution >= 0.6 is 0 Å². The third kappa shape index (κ3) is 7.55. The largest absolute Gasteiger partial charge is 0.467 e.